The van der Waals surface area contributed by atoms with Crippen LogP contribution in [0, 0.1) is 0 Å². The van der Waals surface area contributed by atoms with Crippen LogP contribution in [0.1, 0.15) is 25.3 Å². The molecule has 3 heteroatoms. The van der Waals surface area contributed by atoms with Crippen molar-refractivity contribution in [1.29, 1.82) is 0 Å². The Kier molecular flexibility index (Phi) is 5.01. The lowest BCUT2D eigenvalue weighted by Crippen LogP contribution is -3.14. The van der Waals surface area contributed by atoms with E-state index in [4.69, 9.17) is 0 Å². The van der Waals surface area contributed by atoms with Crippen LogP contribution in [0.2, 0.25) is 0 Å². The van der Waals surface area contributed by atoms with Crippen molar-refractivity contribution < 1.29 is 10.2 Å². The van der Waals surface area contributed by atoms with Crippen LogP contribution >= 0.6 is 15.9 Å². The van der Waals surface area contributed by atoms with Crippen molar-refractivity contribution >= 4 is 15.9 Å². The highest BCUT2D eigenvalue weighted by Gasteiger charge is 2.22. The summed E-state index contributed by atoms with van der Waals surface area (Å²) in [6.45, 7) is 7.43. The monoisotopic (exact) mass is 298 g/mol. The van der Waals surface area contributed by atoms with Crippen molar-refractivity contribution in [2.45, 2.75) is 32.4 Å². The van der Waals surface area contributed by atoms with Crippen molar-refractivity contribution in [3.8, 4) is 0 Å². The first kappa shape index (κ1) is 13.1. The zero-order valence-corrected chi connectivity index (χ0v) is 12.2. The summed E-state index contributed by atoms with van der Waals surface area (Å²) in [6, 6.07) is 9.54. The molecule has 0 unspecified atom stereocenters. The van der Waals surface area contributed by atoms with Gasteiger partial charge in [-0.25, -0.2) is 0 Å². The van der Waals surface area contributed by atoms with E-state index in [0.29, 0.717) is 0 Å². The van der Waals surface area contributed by atoms with E-state index in [2.05, 4.69) is 52.4 Å². The lowest BCUT2D eigenvalue weighted by Gasteiger charge is -2.27. The molecule has 0 aliphatic carbocycles. The van der Waals surface area contributed by atoms with Crippen LogP contribution < -0.4 is 10.2 Å². The molecule has 3 N–H and O–H groups in total. The second-order valence-corrected chi connectivity index (χ2v) is 5.92. The highest BCUT2D eigenvalue weighted by Crippen LogP contribution is 2.09. The maximum Gasteiger partial charge on any atom is 0.101 e. The van der Waals surface area contributed by atoms with Gasteiger partial charge in [-0.05, 0) is 19.1 Å². The van der Waals surface area contributed by atoms with E-state index < -0.39 is 0 Å². The zero-order valence-electron chi connectivity index (χ0n) is 10.6. The molecule has 0 spiro atoms. The van der Waals surface area contributed by atoms with Gasteiger partial charge in [-0.1, -0.05) is 28.1 Å². The SMILES string of the molecule is CC[NH+]1CCC([NH2+]Cc2ccc(Br)cc2)CC1. The van der Waals surface area contributed by atoms with Crippen molar-refractivity contribution in [2.75, 3.05) is 19.6 Å². The Labute approximate surface area is 113 Å². The summed E-state index contributed by atoms with van der Waals surface area (Å²) < 4.78 is 1.17. The summed E-state index contributed by atoms with van der Waals surface area (Å²) in [6.07, 6.45) is 2.75. The average Bonchev–Trinajstić information content (AvgIpc) is 2.39. The highest BCUT2D eigenvalue weighted by molar-refractivity contribution is 9.10. The molecule has 0 amide bonds. The maximum absolute atomic E-state index is 3.47. The largest absolute Gasteiger partial charge is 0.340 e. The van der Waals surface area contributed by atoms with E-state index in [9.17, 15) is 0 Å². The number of hydrogen-bond acceptors (Lipinski definition) is 0. The van der Waals surface area contributed by atoms with Crippen LogP contribution in [0.5, 0.6) is 0 Å². The molecule has 17 heavy (non-hydrogen) atoms. The fourth-order valence-corrected chi connectivity index (χ4v) is 2.83. The molecule has 1 aromatic carbocycles. The van der Waals surface area contributed by atoms with Crippen molar-refractivity contribution in [3.63, 3.8) is 0 Å². The average molecular weight is 299 g/mol. The van der Waals surface area contributed by atoms with E-state index >= 15 is 0 Å². The standard InChI is InChI=1S/C14H21BrN2/c1-2-17-9-7-14(8-10-17)16-11-12-3-5-13(15)6-4-12/h3-6,14,16H,2,7-11H2,1H3/p+2. The highest BCUT2D eigenvalue weighted by atomic mass is 79.9. The summed E-state index contributed by atoms with van der Waals surface area (Å²) in [7, 11) is 0. The van der Waals surface area contributed by atoms with Gasteiger partial charge in [-0.2, -0.15) is 0 Å². The lowest BCUT2D eigenvalue weighted by atomic mass is 10.0. The van der Waals surface area contributed by atoms with E-state index in [0.717, 1.165) is 12.6 Å². The van der Waals surface area contributed by atoms with Gasteiger partial charge >= 0.3 is 0 Å². The smallest absolute Gasteiger partial charge is 0.101 e. The summed E-state index contributed by atoms with van der Waals surface area (Å²) in [5.74, 6) is 0. The summed E-state index contributed by atoms with van der Waals surface area (Å²) >= 11 is 3.47. The van der Waals surface area contributed by atoms with E-state index in [1.54, 1.807) is 4.90 Å². The Morgan fingerprint density at radius 3 is 2.47 bits per heavy atom. The van der Waals surface area contributed by atoms with Gasteiger partial charge in [0, 0.05) is 22.9 Å². The van der Waals surface area contributed by atoms with E-state index in [-0.39, 0.29) is 0 Å². The number of quaternary nitrogens is 2. The number of halogens is 1. The molecule has 1 saturated heterocycles. The number of hydrogen-bond donors (Lipinski definition) is 2. The topological polar surface area (TPSA) is 21.1 Å². The molecule has 1 aromatic rings. The van der Waals surface area contributed by atoms with Crippen LogP contribution in [-0.4, -0.2) is 25.7 Å². The summed E-state index contributed by atoms with van der Waals surface area (Å²) in [5.41, 5.74) is 1.43. The fourth-order valence-electron chi connectivity index (χ4n) is 2.56. The second kappa shape index (κ2) is 6.53. The first-order valence-electron chi connectivity index (χ1n) is 6.69. The van der Waals surface area contributed by atoms with Gasteiger partial charge in [-0.3, -0.25) is 0 Å². The molecule has 0 aromatic heterocycles. The number of piperidine rings is 1. The van der Waals surface area contributed by atoms with Crippen molar-refractivity contribution in [3.05, 3.63) is 34.3 Å². The molecule has 2 nitrogen and oxygen atoms in total. The third kappa shape index (κ3) is 4.09. The molecule has 2 rings (SSSR count). The zero-order chi connectivity index (χ0) is 12.1. The van der Waals surface area contributed by atoms with Gasteiger partial charge in [0.2, 0.25) is 0 Å². The van der Waals surface area contributed by atoms with Gasteiger partial charge in [0.05, 0.1) is 25.7 Å². The van der Waals surface area contributed by atoms with Gasteiger partial charge in [-0.15, -0.1) is 0 Å². The van der Waals surface area contributed by atoms with Crippen LogP contribution in [0.4, 0.5) is 0 Å². The molecular formula is C14H23BrN2+2. The minimum atomic E-state index is 0.842. The molecule has 0 atom stereocenters. The van der Waals surface area contributed by atoms with Gasteiger partial charge in [0.25, 0.3) is 0 Å². The molecule has 0 radical (unpaired) electrons. The fraction of sp³-hybridized carbons (Fsp3) is 0.571. The Bertz CT molecular complexity index is 329. The quantitative estimate of drug-likeness (QED) is 0.812. The molecule has 0 saturated carbocycles. The van der Waals surface area contributed by atoms with Crippen LogP contribution in [0.25, 0.3) is 0 Å². The molecule has 1 heterocycles. The number of rotatable bonds is 4. The summed E-state index contributed by atoms with van der Waals surface area (Å²) in [4.78, 5) is 1.78. The second-order valence-electron chi connectivity index (χ2n) is 5.01. The number of nitrogens with one attached hydrogen (secondary N) is 1. The maximum atomic E-state index is 3.47. The Balaban J connectivity index is 1.74. The van der Waals surface area contributed by atoms with Crippen LogP contribution in [0.3, 0.4) is 0 Å². The normalized spacial score (nSPS) is 24.8. The number of benzene rings is 1. The van der Waals surface area contributed by atoms with Crippen molar-refractivity contribution in [2.24, 2.45) is 0 Å². The molecule has 1 aliphatic heterocycles. The van der Waals surface area contributed by atoms with Gasteiger partial charge in [0.1, 0.15) is 6.54 Å². The van der Waals surface area contributed by atoms with Crippen LogP contribution in [-0.2, 0) is 6.54 Å². The number of likely N-dealkylation sites (tertiary alicyclic amines) is 1. The Morgan fingerprint density at radius 1 is 1.24 bits per heavy atom. The molecular weight excluding hydrogens is 276 g/mol. The first-order chi connectivity index (χ1) is 8.28. The third-order valence-corrected chi connectivity index (χ3v) is 4.37. The van der Waals surface area contributed by atoms with Crippen LogP contribution in [0.15, 0.2) is 28.7 Å². The molecule has 1 aliphatic rings. The summed E-state index contributed by atoms with van der Waals surface area (Å²) in [5, 5.41) is 2.52. The first-order valence-corrected chi connectivity index (χ1v) is 7.48. The van der Waals surface area contributed by atoms with E-state index in [1.807, 2.05) is 0 Å². The molecule has 0 bridgehead atoms. The van der Waals surface area contributed by atoms with Crippen molar-refractivity contribution in [1.82, 2.24) is 0 Å². The molecule has 94 valence electrons. The number of nitrogens with two attached hydrogens (primary N) is 1. The minimum Gasteiger partial charge on any atom is -0.340 e. The third-order valence-electron chi connectivity index (χ3n) is 3.84. The molecule has 1 fully saturated rings. The van der Waals surface area contributed by atoms with Gasteiger partial charge in [0.15, 0.2) is 0 Å². The Morgan fingerprint density at radius 2 is 1.88 bits per heavy atom. The predicted octanol–water partition coefficient (Wildman–Crippen LogP) is 0.580. The predicted molar refractivity (Wildman–Crippen MR) is 74.0 cm³/mol. The lowest BCUT2D eigenvalue weighted by molar-refractivity contribution is -0.912. The Hall–Kier alpha value is -0.380. The van der Waals surface area contributed by atoms with Gasteiger partial charge < -0.3 is 10.2 Å². The van der Waals surface area contributed by atoms with E-state index in [1.165, 1.54) is 42.5 Å². The minimum absolute atomic E-state index is 0.842.